The summed E-state index contributed by atoms with van der Waals surface area (Å²) in [6.45, 7) is 6.55. The molecule has 6 nitrogen and oxygen atoms in total. The first kappa shape index (κ1) is 79.3. The van der Waals surface area contributed by atoms with Crippen molar-refractivity contribution in [2.24, 2.45) is 0 Å². The van der Waals surface area contributed by atoms with E-state index in [2.05, 4.69) is 118 Å². The number of ether oxygens (including phenoxy) is 3. The van der Waals surface area contributed by atoms with E-state index in [1.807, 2.05) is 0 Å². The number of allylic oxidation sites excluding steroid dienone is 16. The Balaban J connectivity index is 4.42. The highest BCUT2D eigenvalue weighted by atomic mass is 16.6. The molecule has 0 heterocycles. The van der Waals surface area contributed by atoms with Gasteiger partial charge in [-0.1, -0.05) is 330 Å². The van der Waals surface area contributed by atoms with Crippen LogP contribution >= 0.6 is 0 Å². The topological polar surface area (TPSA) is 78.9 Å². The Morgan fingerprint density at radius 1 is 0.253 bits per heavy atom. The van der Waals surface area contributed by atoms with E-state index in [1.54, 1.807) is 0 Å². The van der Waals surface area contributed by atoms with Gasteiger partial charge in [0.2, 0.25) is 0 Å². The van der Waals surface area contributed by atoms with Gasteiger partial charge < -0.3 is 14.2 Å². The van der Waals surface area contributed by atoms with E-state index in [-0.39, 0.29) is 31.1 Å². The number of hydrogen-bond acceptors (Lipinski definition) is 6. The molecule has 0 radical (unpaired) electrons. The molecule has 478 valence electrons. The van der Waals surface area contributed by atoms with Gasteiger partial charge >= 0.3 is 17.9 Å². The summed E-state index contributed by atoms with van der Waals surface area (Å²) < 4.78 is 17.0. The fraction of sp³-hybridized carbons (Fsp3) is 0.753. The highest BCUT2D eigenvalue weighted by Crippen LogP contribution is 2.17. The van der Waals surface area contributed by atoms with Gasteiger partial charge in [-0.2, -0.15) is 0 Å². The molecule has 0 amide bonds. The monoisotopic (exact) mass is 1160 g/mol. The third-order valence-electron chi connectivity index (χ3n) is 15.6. The molecule has 0 aliphatic heterocycles. The van der Waals surface area contributed by atoms with E-state index < -0.39 is 6.10 Å². The summed E-state index contributed by atoms with van der Waals surface area (Å²) in [7, 11) is 0. The molecule has 0 N–H and O–H groups in total. The zero-order valence-corrected chi connectivity index (χ0v) is 54.9. The average Bonchev–Trinajstić information content (AvgIpc) is 3.49. The second-order valence-electron chi connectivity index (χ2n) is 23.8. The Labute approximate surface area is 515 Å². The van der Waals surface area contributed by atoms with Crippen LogP contribution in [0.15, 0.2) is 97.2 Å². The second-order valence-corrected chi connectivity index (χ2v) is 23.8. The summed E-state index contributed by atoms with van der Waals surface area (Å²) in [6.07, 6.45) is 95.7. The molecule has 0 aliphatic carbocycles. The van der Waals surface area contributed by atoms with Crippen molar-refractivity contribution in [3.8, 4) is 0 Å². The third-order valence-corrected chi connectivity index (χ3v) is 15.6. The quantitative estimate of drug-likeness (QED) is 0.0261. The van der Waals surface area contributed by atoms with E-state index in [4.69, 9.17) is 14.2 Å². The van der Waals surface area contributed by atoms with Crippen LogP contribution in [0.4, 0.5) is 0 Å². The summed E-state index contributed by atoms with van der Waals surface area (Å²) in [4.78, 5) is 38.5. The number of hydrogen-bond donors (Lipinski definition) is 0. The maximum Gasteiger partial charge on any atom is 0.306 e. The normalized spacial score (nSPS) is 12.7. The van der Waals surface area contributed by atoms with E-state index in [1.165, 1.54) is 199 Å². The molecular weight excluding hydrogens is 1020 g/mol. The zero-order chi connectivity index (χ0) is 59.9. The maximum atomic E-state index is 13.0. The Hall–Kier alpha value is -3.67. The molecular formula is C77H134O6. The van der Waals surface area contributed by atoms with Gasteiger partial charge in [-0.15, -0.1) is 0 Å². The lowest BCUT2D eigenvalue weighted by atomic mass is 10.0. The molecule has 6 heteroatoms. The van der Waals surface area contributed by atoms with Crippen molar-refractivity contribution in [2.75, 3.05) is 13.2 Å². The van der Waals surface area contributed by atoms with Crippen LogP contribution in [0.3, 0.4) is 0 Å². The van der Waals surface area contributed by atoms with Gasteiger partial charge in [-0.25, -0.2) is 0 Å². The lowest BCUT2D eigenvalue weighted by Gasteiger charge is -2.18. The predicted octanol–water partition coefficient (Wildman–Crippen LogP) is 24.8. The first-order valence-corrected chi connectivity index (χ1v) is 35.7. The van der Waals surface area contributed by atoms with Gasteiger partial charge in [0.25, 0.3) is 0 Å². The summed E-state index contributed by atoms with van der Waals surface area (Å²) in [5, 5.41) is 0. The first-order valence-electron chi connectivity index (χ1n) is 35.7. The van der Waals surface area contributed by atoms with E-state index in [9.17, 15) is 14.4 Å². The minimum atomic E-state index is -0.791. The van der Waals surface area contributed by atoms with Gasteiger partial charge in [0.1, 0.15) is 13.2 Å². The molecule has 0 aromatic rings. The van der Waals surface area contributed by atoms with Crippen molar-refractivity contribution in [3.63, 3.8) is 0 Å². The van der Waals surface area contributed by atoms with Crippen LogP contribution in [0, 0.1) is 0 Å². The minimum Gasteiger partial charge on any atom is -0.462 e. The molecule has 0 saturated heterocycles. The fourth-order valence-corrected chi connectivity index (χ4v) is 10.2. The lowest BCUT2D eigenvalue weighted by molar-refractivity contribution is -0.167. The largest absolute Gasteiger partial charge is 0.462 e. The van der Waals surface area contributed by atoms with Crippen LogP contribution in [-0.4, -0.2) is 37.2 Å². The molecule has 0 bridgehead atoms. The SMILES string of the molecule is CC/C=C\C/C=C\C/C=C\C/C=C\C/C=C\C/C=C\CCCCCCC(=O)OCC(COC(=O)CCCCCCCCCCCCCCCCCCCCC)OC(=O)CCCCCCCCCCCCC/C=C\C/C=C\CCCCCCC. The summed E-state index contributed by atoms with van der Waals surface area (Å²) in [5.74, 6) is -0.893. The van der Waals surface area contributed by atoms with Crippen LogP contribution in [0.5, 0.6) is 0 Å². The first-order chi connectivity index (χ1) is 41.0. The summed E-state index contributed by atoms with van der Waals surface area (Å²) >= 11 is 0. The van der Waals surface area contributed by atoms with Crippen molar-refractivity contribution >= 4 is 17.9 Å². The standard InChI is InChI=1S/C77H134O6/c1-4-7-10-13-16-19-22-25-28-31-34-36-38-40-43-46-49-52-55-58-61-64-67-70-76(79)82-73-74(72-81-75(78)69-66-63-60-57-54-51-48-45-42-33-30-27-24-21-18-15-12-9-6-3)83-77(80)71-68-65-62-59-56-53-50-47-44-41-39-37-35-32-29-26-23-20-17-14-11-8-5-2/h7,10,16,19,23,25-26,28,32,34-36,40,43,49,52,74H,4-6,8-9,11-15,17-18,20-22,24,27,29-31,33,37-39,41-42,44-48,50-51,53-73H2,1-3H3/b10-7-,19-16-,26-23-,28-25-,35-32-,36-34-,43-40-,52-49-. The second kappa shape index (κ2) is 70.8. The highest BCUT2D eigenvalue weighted by molar-refractivity contribution is 5.71. The zero-order valence-electron chi connectivity index (χ0n) is 54.9. The van der Waals surface area contributed by atoms with Gasteiger partial charge in [-0.3, -0.25) is 14.4 Å². The average molecular weight is 1160 g/mol. The van der Waals surface area contributed by atoms with Crippen LogP contribution in [0.25, 0.3) is 0 Å². The molecule has 0 fully saturated rings. The van der Waals surface area contributed by atoms with Gasteiger partial charge in [0, 0.05) is 19.3 Å². The Morgan fingerprint density at radius 2 is 0.470 bits per heavy atom. The van der Waals surface area contributed by atoms with Crippen molar-refractivity contribution < 1.29 is 28.6 Å². The van der Waals surface area contributed by atoms with Gasteiger partial charge in [0.05, 0.1) is 0 Å². The molecule has 0 aromatic carbocycles. The molecule has 1 atom stereocenters. The van der Waals surface area contributed by atoms with Crippen LogP contribution in [-0.2, 0) is 28.6 Å². The summed E-state index contributed by atoms with van der Waals surface area (Å²) in [5.41, 5.74) is 0. The summed E-state index contributed by atoms with van der Waals surface area (Å²) in [6, 6.07) is 0. The van der Waals surface area contributed by atoms with E-state index >= 15 is 0 Å². The Kier molecular flexibility index (Phi) is 67.7. The molecule has 0 spiro atoms. The number of unbranched alkanes of at least 4 members (excludes halogenated alkanes) is 38. The third kappa shape index (κ3) is 69.0. The number of carbonyl (C=O) groups is 3. The highest BCUT2D eigenvalue weighted by Gasteiger charge is 2.19. The molecule has 0 saturated carbocycles. The fourth-order valence-electron chi connectivity index (χ4n) is 10.2. The van der Waals surface area contributed by atoms with Crippen LogP contribution in [0.2, 0.25) is 0 Å². The van der Waals surface area contributed by atoms with Crippen molar-refractivity contribution in [1.82, 2.24) is 0 Å². The van der Waals surface area contributed by atoms with Crippen molar-refractivity contribution in [1.29, 1.82) is 0 Å². The molecule has 0 aliphatic rings. The molecule has 1 unspecified atom stereocenters. The molecule has 0 aromatic heterocycles. The van der Waals surface area contributed by atoms with Gasteiger partial charge in [0.15, 0.2) is 6.10 Å². The number of esters is 3. The Morgan fingerprint density at radius 3 is 0.735 bits per heavy atom. The predicted molar refractivity (Wildman–Crippen MR) is 362 cm³/mol. The van der Waals surface area contributed by atoms with Crippen LogP contribution in [0.1, 0.15) is 355 Å². The molecule has 0 rings (SSSR count). The van der Waals surface area contributed by atoms with Gasteiger partial charge in [-0.05, 0) is 103 Å². The Bertz CT molecular complexity index is 1610. The van der Waals surface area contributed by atoms with Crippen LogP contribution < -0.4 is 0 Å². The maximum absolute atomic E-state index is 13.0. The number of rotatable bonds is 65. The number of carbonyl (C=O) groups excluding carboxylic acids is 3. The minimum absolute atomic E-state index is 0.0835. The smallest absolute Gasteiger partial charge is 0.306 e. The van der Waals surface area contributed by atoms with E-state index in [0.29, 0.717) is 19.3 Å². The van der Waals surface area contributed by atoms with E-state index in [0.717, 1.165) is 116 Å². The lowest BCUT2D eigenvalue weighted by Crippen LogP contribution is -2.30. The van der Waals surface area contributed by atoms with Crippen molar-refractivity contribution in [3.05, 3.63) is 97.2 Å². The van der Waals surface area contributed by atoms with Crippen molar-refractivity contribution in [2.45, 2.75) is 361 Å². The molecule has 83 heavy (non-hydrogen) atoms.